The van der Waals surface area contributed by atoms with Gasteiger partial charge in [0.2, 0.25) is 0 Å². The molecule has 1 fully saturated rings. The van der Waals surface area contributed by atoms with Crippen LogP contribution in [0, 0.1) is 0 Å². The van der Waals surface area contributed by atoms with Crippen molar-refractivity contribution in [2.45, 2.75) is 24.7 Å². The summed E-state index contributed by atoms with van der Waals surface area (Å²) in [7, 11) is 2.60. The summed E-state index contributed by atoms with van der Waals surface area (Å²) in [6.07, 6.45) is -1.85. The number of aliphatic hydroxyl groups is 1. The van der Waals surface area contributed by atoms with Crippen LogP contribution in [0.15, 0.2) is 0 Å². The third kappa shape index (κ3) is 1.69. The molecule has 3 atom stereocenters. The summed E-state index contributed by atoms with van der Waals surface area (Å²) in [5.41, 5.74) is 3.30. The van der Waals surface area contributed by atoms with E-state index in [1.165, 1.54) is 21.1 Å². The average molecular weight is 218 g/mol. The van der Waals surface area contributed by atoms with Crippen LogP contribution in [0.25, 0.3) is 0 Å². The highest BCUT2D eigenvalue weighted by atomic mass is 16.7. The van der Waals surface area contributed by atoms with Crippen LogP contribution in [0.5, 0.6) is 0 Å². The summed E-state index contributed by atoms with van der Waals surface area (Å²) in [6, 6.07) is 0. The van der Waals surface area contributed by atoms with Crippen LogP contribution in [0.3, 0.4) is 0 Å². The maximum Gasteiger partial charge on any atom is 0.290 e. The molecule has 2 amide bonds. The normalized spacial score (nSPS) is 30.8. The SMILES string of the molecule is CON(C)C(=O)C1(C(N)=O)O[C@H]1[C@H](C)O. The molecule has 0 aromatic carbocycles. The standard InChI is InChI=1S/C8H14N2O5/c1-4(11)5-8(15-5,6(9)12)7(13)10(2)14-3/h4-5,11H,1-3H3,(H2,9,12)/t4-,5-,8?/m0/s1. The average Bonchev–Trinajstić information content (AvgIpc) is 2.91. The van der Waals surface area contributed by atoms with Crippen LogP contribution in [-0.2, 0) is 19.2 Å². The Morgan fingerprint density at radius 3 is 2.47 bits per heavy atom. The first-order chi connectivity index (χ1) is 6.87. The Kier molecular flexibility index (Phi) is 2.98. The Bertz CT molecular complexity index is 293. The lowest BCUT2D eigenvalue weighted by Gasteiger charge is -2.17. The zero-order chi connectivity index (χ0) is 11.8. The van der Waals surface area contributed by atoms with Gasteiger partial charge in [-0.05, 0) is 6.92 Å². The predicted octanol–water partition coefficient (Wildman–Crippen LogP) is -1.99. The van der Waals surface area contributed by atoms with Crippen molar-refractivity contribution in [3.63, 3.8) is 0 Å². The number of primary amides is 1. The predicted molar refractivity (Wildman–Crippen MR) is 48.3 cm³/mol. The second-order valence-corrected chi connectivity index (χ2v) is 3.36. The van der Waals surface area contributed by atoms with Crippen LogP contribution >= 0.6 is 0 Å². The van der Waals surface area contributed by atoms with Crippen molar-refractivity contribution in [2.24, 2.45) is 5.73 Å². The van der Waals surface area contributed by atoms with Gasteiger partial charge in [-0.15, -0.1) is 0 Å². The second-order valence-electron chi connectivity index (χ2n) is 3.36. The van der Waals surface area contributed by atoms with Crippen molar-refractivity contribution in [2.75, 3.05) is 14.2 Å². The lowest BCUT2D eigenvalue weighted by Crippen LogP contribution is -2.49. The number of ether oxygens (including phenoxy) is 1. The lowest BCUT2D eigenvalue weighted by molar-refractivity contribution is -0.175. The van der Waals surface area contributed by atoms with E-state index in [9.17, 15) is 14.7 Å². The minimum absolute atomic E-state index is 0.719. The first-order valence-electron chi connectivity index (χ1n) is 4.36. The Labute approximate surface area is 86.7 Å². The molecule has 0 spiro atoms. The highest BCUT2D eigenvalue weighted by molar-refractivity contribution is 6.11. The molecule has 7 nitrogen and oxygen atoms in total. The van der Waals surface area contributed by atoms with E-state index in [-0.39, 0.29) is 0 Å². The number of rotatable bonds is 4. The molecule has 1 aliphatic rings. The van der Waals surface area contributed by atoms with Crippen LogP contribution in [-0.4, -0.2) is 54.0 Å². The summed E-state index contributed by atoms with van der Waals surface area (Å²) < 4.78 is 4.92. The molecule has 1 unspecified atom stereocenters. The smallest absolute Gasteiger partial charge is 0.290 e. The number of carbonyl (C=O) groups is 2. The molecule has 86 valence electrons. The van der Waals surface area contributed by atoms with Gasteiger partial charge >= 0.3 is 0 Å². The number of carbonyl (C=O) groups excluding carboxylic acids is 2. The number of aliphatic hydroxyl groups excluding tert-OH is 1. The van der Waals surface area contributed by atoms with Gasteiger partial charge in [0.1, 0.15) is 6.10 Å². The van der Waals surface area contributed by atoms with Crippen LogP contribution in [0.2, 0.25) is 0 Å². The molecule has 0 aromatic rings. The Morgan fingerprint density at radius 1 is 1.67 bits per heavy atom. The van der Waals surface area contributed by atoms with Gasteiger partial charge in [0.25, 0.3) is 17.4 Å². The van der Waals surface area contributed by atoms with E-state index in [1.54, 1.807) is 0 Å². The molecule has 1 saturated heterocycles. The maximum absolute atomic E-state index is 11.7. The molecule has 0 saturated carbocycles. The van der Waals surface area contributed by atoms with Gasteiger partial charge in [-0.2, -0.15) is 0 Å². The summed E-state index contributed by atoms with van der Waals surface area (Å²) in [6.45, 7) is 1.41. The molecule has 15 heavy (non-hydrogen) atoms. The van der Waals surface area contributed by atoms with Crippen LogP contribution in [0.4, 0.5) is 0 Å². The highest BCUT2D eigenvalue weighted by Crippen LogP contribution is 2.40. The lowest BCUT2D eigenvalue weighted by atomic mass is 10.0. The minimum atomic E-state index is -1.78. The van der Waals surface area contributed by atoms with E-state index in [1.807, 2.05) is 0 Å². The number of hydrogen-bond acceptors (Lipinski definition) is 5. The van der Waals surface area contributed by atoms with Gasteiger partial charge in [-0.25, -0.2) is 5.06 Å². The topological polar surface area (TPSA) is 105 Å². The number of hydrogen-bond donors (Lipinski definition) is 2. The van der Waals surface area contributed by atoms with Gasteiger partial charge in [0.15, 0.2) is 0 Å². The van der Waals surface area contributed by atoms with E-state index >= 15 is 0 Å². The summed E-state index contributed by atoms with van der Waals surface area (Å²) in [4.78, 5) is 27.5. The van der Waals surface area contributed by atoms with E-state index in [2.05, 4.69) is 4.84 Å². The number of epoxide rings is 1. The van der Waals surface area contributed by atoms with E-state index in [0.717, 1.165) is 5.06 Å². The molecule has 1 heterocycles. The fourth-order valence-electron chi connectivity index (χ4n) is 1.40. The van der Waals surface area contributed by atoms with E-state index in [0.29, 0.717) is 0 Å². The fraction of sp³-hybridized carbons (Fsp3) is 0.750. The van der Waals surface area contributed by atoms with Crippen molar-refractivity contribution in [1.29, 1.82) is 0 Å². The number of amides is 2. The van der Waals surface area contributed by atoms with E-state index < -0.39 is 29.6 Å². The van der Waals surface area contributed by atoms with Crippen LogP contribution < -0.4 is 5.73 Å². The second kappa shape index (κ2) is 3.76. The molecule has 0 aromatic heterocycles. The first kappa shape index (κ1) is 11.9. The molecule has 1 aliphatic heterocycles. The van der Waals surface area contributed by atoms with Crippen molar-refractivity contribution in [3.05, 3.63) is 0 Å². The third-order valence-electron chi connectivity index (χ3n) is 2.34. The monoisotopic (exact) mass is 218 g/mol. The number of likely N-dealkylation sites (N-methyl/N-ethyl adjacent to an activating group) is 1. The highest BCUT2D eigenvalue weighted by Gasteiger charge is 2.70. The van der Waals surface area contributed by atoms with Gasteiger partial charge in [-0.1, -0.05) is 0 Å². The number of nitrogens with zero attached hydrogens (tertiary/aromatic N) is 1. The Hall–Kier alpha value is -1.18. The largest absolute Gasteiger partial charge is 0.391 e. The number of nitrogens with two attached hydrogens (primary N) is 1. The Morgan fingerprint density at radius 2 is 2.20 bits per heavy atom. The van der Waals surface area contributed by atoms with Crippen molar-refractivity contribution < 1.29 is 24.3 Å². The third-order valence-corrected chi connectivity index (χ3v) is 2.34. The van der Waals surface area contributed by atoms with Crippen molar-refractivity contribution in [1.82, 2.24) is 5.06 Å². The molecule has 0 bridgehead atoms. The van der Waals surface area contributed by atoms with Crippen molar-refractivity contribution in [3.8, 4) is 0 Å². The molecule has 3 N–H and O–H groups in total. The molecule has 1 rings (SSSR count). The molecule has 0 radical (unpaired) electrons. The molecule has 7 heteroatoms. The minimum Gasteiger partial charge on any atom is -0.391 e. The Balaban J connectivity index is 2.88. The maximum atomic E-state index is 11.7. The fourth-order valence-corrected chi connectivity index (χ4v) is 1.40. The van der Waals surface area contributed by atoms with Gasteiger partial charge in [0, 0.05) is 7.05 Å². The number of hydroxylamine groups is 2. The van der Waals surface area contributed by atoms with E-state index in [4.69, 9.17) is 10.5 Å². The molecule has 0 aliphatic carbocycles. The molecular formula is C8H14N2O5. The molecular weight excluding hydrogens is 204 g/mol. The zero-order valence-electron chi connectivity index (χ0n) is 8.76. The van der Waals surface area contributed by atoms with Gasteiger partial charge in [-0.3, -0.25) is 14.4 Å². The van der Waals surface area contributed by atoms with Gasteiger partial charge in [0.05, 0.1) is 13.2 Å². The summed E-state index contributed by atoms with van der Waals surface area (Å²) in [5.74, 6) is -1.65. The first-order valence-corrected chi connectivity index (χ1v) is 4.36. The van der Waals surface area contributed by atoms with Crippen molar-refractivity contribution >= 4 is 11.8 Å². The summed E-state index contributed by atoms with van der Waals surface area (Å²) >= 11 is 0. The quantitative estimate of drug-likeness (QED) is 0.323. The van der Waals surface area contributed by atoms with Crippen LogP contribution in [0.1, 0.15) is 6.92 Å². The van der Waals surface area contributed by atoms with Gasteiger partial charge < -0.3 is 15.6 Å². The summed E-state index contributed by atoms with van der Waals surface area (Å²) in [5, 5.41) is 10.1. The zero-order valence-corrected chi connectivity index (χ0v) is 8.76.